The van der Waals surface area contributed by atoms with Crippen molar-refractivity contribution in [3.05, 3.63) is 0 Å². The van der Waals surface area contributed by atoms with Crippen molar-refractivity contribution in [1.82, 2.24) is 5.32 Å². The molecule has 0 spiro atoms. The maximum atomic E-state index is 12.2. The number of fused-ring (bicyclic) bond motifs is 5. The van der Waals surface area contributed by atoms with Crippen LogP contribution >= 0.6 is 0 Å². The summed E-state index contributed by atoms with van der Waals surface area (Å²) in [6, 6.07) is 0.169. The summed E-state index contributed by atoms with van der Waals surface area (Å²) in [5.74, 6) is 2.17. The normalized spacial score (nSPS) is 49.2. The lowest BCUT2D eigenvalue weighted by Crippen LogP contribution is -2.62. The zero-order valence-corrected chi connectivity index (χ0v) is 20.9. The van der Waals surface area contributed by atoms with Crippen molar-refractivity contribution < 1.29 is 20.1 Å². The fourth-order valence-corrected chi connectivity index (χ4v) is 9.09. The van der Waals surface area contributed by atoms with Gasteiger partial charge in [0.15, 0.2) is 0 Å². The molecule has 4 saturated carbocycles. The number of aliphatic hydroxyl groups is 3. The van der Waals surface area contributed by atoms with E-state index < -0.39 is 0 Å². The van der Waals surface area contributed by atoms with E-state index in [0.717, 1.165) is 51.4 Å². The molecular formula is C27H47NO4. The molecule has 0 aliphatic heterocycles. The van der Waals surface area contributed by atoms with E-state index in [9.17, 15) is 20.1 Å². The molecule has 5 nitrogen and oxygen atoms in total. The summed E-state index contributed by atoms with van der Waals surface area (Å²) in [6.07, 6.45) is 6.86. The molecule has 0 radical (unpaired) electrons. The van der Waals surface area contributed by atoms with Crippen LogP contribution in [0.5, 0.6) is 0 Å². The van der Waals surface area contributed by atoms with E-state index in [4.69, 9.17) is 0 Å². The van der Waals surface area contributed by atoms with Gasteiger partial charge in [-0.3, -0.25) is 4.79 Å². The van der Waals surface area contributed by atoms with Crippen molar-refractivity contribution >= 4 is 5.91 Å². The first-order chi connectivity index (χ1) is 15.0. The summed E-state index contributed by atoms with van der Waals surface area (Å²) in [6.45, 7) is 10.9. The fourth-order valence-electron chi connectivity index (χ4n) is 9.09. The second-order valence-electron chi connectivity index (χ2n) is 12.8. The minimum atomic E-state index is -0.359. The fraction of sp³-hybridized carbons (Fsp3) is 0.963. The SMILES string of the molecule is CC(C)NC(=O)CC[C@@H](C)C1CCC2C3C(C[C@H](O)[C@@]21C)[C@@]1(C)CC[C@@H](O)CC1C[C@H]3O. The third-order valence-corrected chi connectivity index (χ3v) is 10.8. The predicted molar refractivity (Wildman–Crippen MR) is 126 cm³/mol. The minimum Gasteiger partial charge on any atom is -0.393 e. The largest absolute Gasteiger partial charge is 0.393 e. The van der Waals surface area contributed by atoms with E-state index in [0.29, 0.717) is 36.0 Å². The first kappa shape index (κ1) is 24.5. The van der Waals surface area contributed by atoms with Crippen molar-refractivity contribution in [2.75, 3.05) is 0 Å². The van der Waals surface area contributed by atoms with Gasteiger partial charge in [-0.15, -0.1) is 0 Å². The average molecular weight is 450 g/mol. The number of amides is 1. The first-order valence-corrected chi connectivity index (χ1v) is 13.3. The van der Waals surface area contributed by atoms with Gasteiger partial charge < -0.3 is 20.6 Å². The third-order valence-electron chi connectivity index (χ3n) is 10.8. The van der Waals surface area contributed by atoms with E-state index in [1.54, 1.807) is 0 Å². The molecule has 0 heterocycles. The number of hydrogen-bond acceptors (Lipinski definition) is 4. The Balaban J connectivity index is 1.52. The quantitative estimate of drug-likeness (QED) is 0.513. The van der Waals surface area contributed by atoms with E-state index >= 15 is 0 Å². The lowest BCUT2D eigenvalue weighted by molar-refractivity contribution is -0.207. The minimum absolute atomic E-state index is 0.115. The Labute approximate surface area is 194 Å². The number of hydrogen-bond donors (Lipinski definition) is 4. The van der Waals surface area contributed by atoms with Crippen molar-refractivity contribution in [3.8, 4) is 0 Å². The summed E-state index contributed by atoms with van der Waals surface area (Å²) in [5, 5.41) is 36.2. The van der Waals surface area contributed by atoms with Gasteiger partial charge in [0.25, 0.3) is 0 Å². The van der Waals surface area contributed by atoms with Crippen LogP contribution in [0.15, 0.2) is 0 Å². The number of aliphatic hydroxyl groups excluding tert-OH is 3. The summed E-state index contributed by atoms with van der Waals surface area (Å²) in [5.41, 5.74) is -0.0719. The van der Waals surface area contributed by atoms with Gasteiger partial charge in [0.1, 0.15) is 0 Å². The number of nitrogens with one attached hydrogen (secondary N) is 1. The van der Waals surface area contributed by atoms with Gasteiger partial charge in [0.2, 0.25) is 5.91 Å². The monoisotopic (exact) mass is 449 g/mol. The van der Waals surface area contributed by atoms with Crippen LogP contribution in [-0.2, 0) is 4.79 Å². The Kier molecular flexibility index (Phi) is 6.77. The Morgan fingerprint density at radius 3 is 2.41 bits per heavy atom. The van der Waals surface area contributed by atoms with Crippen LogP contribution in [0.1, 0.15) is 92.4 Å². The van der Waals surface area contributed by atoms with Crippen molar-refractivity contribution in [2.45, 2.75) is 117 Å². The van der Waals surface area contributed by atoms with Crippen LogP contribution in [0, 0.1) is 46.3 Å². The molecule has 4 aliphatic rings. The Hall–Kier alpha value is -0.650. The lowest BCUT2D eigenvalue weighted by Gasteiger charge is -2.63. The molecule has 4 rings (SSSR count). The topological polar surface area (TPSA) is 89.8 Å². The maximum absolute atomic E-state index is 12.2. The molecule has 5 unspecified atom stereocenters. The third kappa shape index (κ3) is 3.94. The van der Waals surface area contributed by atoms with E-state index in [1.807, 2.05) is 13.8 Å². The molecule has 5 heteroatoms. The molecule has 0 bridgehead atoms. The molecule has 4 aliphatic carbocycles. The van der Waals surface area contributed by atoms with Gasteiger partial charge in [-0.1, -0.05) is 20.8 Å². The van der Waals surface area contributed by atoms with Crippen molar-refractivity contribution in [2.24, 2.45) is 46.3 Å². The zero-order valence-electron chi connectivity index (χ0n) is 20.9. The molecule has 0 aromatic heterocycles. The number of carbonyl (C=O) groups is 1. The molecule has 0 aromatic carbocycles. The van der Waals surface area contributed by atoms with Crippen LogP contribution in [0.2, 0.25) is 0 Å². The van der Waals surface area contributed by atoms with Crippen LogP contribution in [0.3, 0.4) is 0 Å². The molecule has 32 heavy (non-hydrogen) atoms. The average Bonchev–Trinajstić information content (AvgIpc) is 3.06. The molecule has 4 fully saturated rings. The Morgan fingerprint density at radius 1 is 1.00 bits per heavy atom. The highest BCUT2D eigenvalue weighted by atomic mass is 16.3. The standard InChI is InChI=1S/C27H47NO4/c1-15(2)28-24(32)9-6-16(3)19-7-8-20-25-21(14-23(31)27(19,20)5)26(4)11-10-18(29)12-17(26)13-22(25)30/h15-23,25,29-31H,6-14H2,1-5H3,(H,28,32)/t16-,17?,18-,19?,20?,21?,22-,23+,25?,26+,27-/m1/s1. The summed E-state index contributed by atoms with van der Waals surface area (Å²) < 4.78 is 0. The first-order valence-electron chi connectivity index (χ1n) is 13.3. The number of carbonyl (C=O) groups excluding carboxylic acids is 1. The molecule has 1 amide bonds. The van der Waals surface area contributed by atoms with Crippen LogP contribution in [-0.4, -0.2) is 45.6 Å². The van der Waals surface area contributed by atoms with Gasteiger partial charge in [-0.05, 0) is 112 Å². The van der Waals surface area contributed by atoms with Crippen LogP contribution in [0.4, 0.5) is 0 Å². The number of rotatable bonds is 5. The zero-order chi connectivity index (χ0) is 23.4. The summed E-state index contributed by atoms with van der Waals surface area (Å²) in [7, 11) is 0. The van der Waals surface area contributed by atoms with Gasteiger partial charge in [-0.25, -0.2) is 0 Å². The summed E-state index contributed by atoms with van der Waals surface area (Å²) in [4.78, 5) is 12.2. The summed E-state index contributed by atoms with van der Waals surface area (Å²) >= 11 is 0. The van der Waals surface area contributed by atoms with Crippen molar-refractivity contribution in [1.29, 1.82) is 0 Å². The van der Waals surface area contributed by atoms with E-state index in [1.165, 1.54) is 0 Å². The van der Waals surface area contributed by atoms with E-state index in [2.05, 4.69) is 26.1 Å². The molecule has 0 aromatic rings. The Morgan fingerprint density at radius 2 is 1.72 bits per heavy atom. The highest BCUT2D eigenvalue weighted by Gasteiger charge is 2.65. The van der Waals surface area contributed by atoms with Gasteiger partial charge in [0.05, 0.1) is 18.3 Å². The lowest BCUT2D eigenvalue weighted by atomic mass is 9.43. The van der Waals surface area contributed by atoms with Crippen LogP contribution < -0.4 is 5.32 Å². The van der Waals surface area contributed by atoms with Gasteiger partial charge in [-0.2, -0.15) is 0 Å². The molecule has 184 valence electrons. The van der Waals surface area contributed by atoms with Gasteiger partial charge in [0, 0.05) is 12.5 Å². The molecule has 0 saturated heterocycles. The second kappa shape index (κ2) is 8.85. The Bertz CT molecular complexity index is 697. The highest BCUT2D eigenvalue weighted by Crippen LogP contribution is 2.68. The maximum Gasteiger partial charge on any atom is 0.220 e. The van der Waals surface area contributed by atoms with Crippen molar-refractivity contribution in [3.63, 3.8) is 0 Å². The van der Waals surface area contributed by atoms with E-state index in [-0.39, 0.29) is 47.0 Å². The smallest absolute Gasteiger partial charge is 0.220 e. The highest BCUT2D eigenvalue weighted by molar-refractivity contribution is 5.76. The second-order valence-corrected chi connectivity index (χ2v) is 12.8. The molecular weight excluding hydrogens is 402 g/mol. The van der Waals surface area contributed by atoms with Crippen LogP contribution in [0.25, 0.3) is 0 Å². The molecule has 11 atom stereocenters. The van der Waals surface area contributed by atoms with Gasteiger partial charge >= 0.3 is 0 Å². The molecule has 4 N–H and O–H groups in total. The predicted octanol–water partition coefficient (Wildman–Crippen LogP) is 3.89.